The van der Waals surface area contributed by atoms with E-state index in [0.717, 1.165) is 39.0 Å². The summed E-state index contributed by atoms with van der Waals surface area (Å²) in [6.45, 7) is 38.5. The van der Waals surface area contributed by atoms with Gasteiger partial charge in [0, 0.05) is 52.7 Å². The van der Waals surface area contributed by atoms with Gasteiger partial charge >= 0.3 is 0 Å². The highest BCUT2D eigenvalue weighted by Gasteiger charge is 2.51. The Morgan fingerprint density at radius 3 is 1.06 bits per heavy atom. The Morgan fingerprint density at radius 1 is 0.406 bits per heavy atom. The molecule has 0 radical (unpaired) electrons. The van der Waals surface area contributed by atoms with Crippen LogP contribution in [0.5, 0.6) is 28.7 Å². The number of phenolic OH excluding ortho intramolecular Hbond substituents is 4. The summed E-state index contributed by atoms with van der Waals surface area (Å²) in [5.41, 5.74) is 8.36. The maximum atomic E-state index is 15.8. The standard InChI is InChI=1S/C63H76O6/c1-57(2,3)39-21-34-19-36-23-41(59(7,8)9)28-47(53(36)66)49-30-43(61(13,14)15)25-38-32-63(69-55(38)49)33-44(62(16,17)18)31-50(56(63)68)48-29-42(60(10,11)12)24-37(54(48)67)20-35-22-40(58(4,5)6)27-46(52(35)65)45(26-39)51(34)64/h21-31,33,64-67H,19-20,32H2,1-18H3. The highest BCUT2D eigenvalue weighted by Crippen LogP contribution is 2.54. The van der Waals surface area contributed by atoms with Gasteiger partial charge in [-0.15, -0.1) is 0 Å². The number of carbonyl (C=O) groups excluding carboxylic acids is 1. The van der Waals surface area contributed by atoms with E-state index in [1.54, 1.807) is 0 Å². The van der Waals surface area contributed by atoms with E-state index in [1.807, 2.05) is 54.6 Å². The Balaban J connectivity index is 1.56. The number of phenols is 4. The fraction of sp³-hybridized carbons (Fsp3) is 0.444. The van der Waals surface area contributed by atoms with Crippen molar-refractivity contribution in [2.24, 2.45) is 5.41 Å². The molecular formula is C63H76O6. The molecule has 0 fully saturated rings. The third-order valence-corrected chi connectivity index (χ3v) is 14.8. The van der Waals surface area contributed by atoms with Crippen molar-refractivity contribution in [3.63, 3.8) is 0 Å². The van der Waals surface area contributed by atoms with Crippen molar-refractivity contribution in [3.05, 3.63) is 140 Å². The molecule has 0 aromatic heterocycles. The Kier molecular flexibility index (Phi) is 11.4. The maximum absolute atomic E-state index is 15.8. The van der Waals surface area contributed by atoms with Gasteiger partial charge < -0.3 is 25.2 Å². The highest BCUT2D eigenvalue weighted by molar-refractivity contribution is 6.28. The van der Waals surface area contributed by atoms with Crippen molar-refractivity contribution in [2.45, 2.75) is 177 Å². The third-order valence-electron chi connectivity index (χ3n) is 14.8. The molecule has 6 heteroatoms. The van der Waals surface area contributed by atoms with E-state index in [0.29, 0.717) is 61.4 Å². The van der Waals surface area contributed by atoms with Gasteiger partial charge in [0.15, 0.2) is 5.60 Å². The van der Waals surface area contributed by atoms with Crippen LogP contribution in [0.3, 0.4) is 0 Å². The lowest BCUT2D eigenvalue weighted by atomic mass is 9.72. The van der Waals surface area contributed by atoms with E-state index in [4.69, 9.17) is 4.74 Å². The zero-order valence-electron chi connectivity index (χ0n) is 44.7. The summed E-state index contributed by atoms with van der Waals surface area (Å²) in [6.07, 6.45) is 4.50. The van der Waals surface area contributed by atoms with Gasteiger partial charge in [-0.1, -0.05) is 155 Å². The van der Waals surface area contributed by atoms with Crippen LogP contribution in [0.2, 0.25) is 0 Å². The zero-order chi connectivity index (χ0) is 51.1. The van der Waals surface area contributed by atoms with Crippen molar-refractivity contribution in [2.75, 3.05) is 0 Å². The number of allylic oxidation sites excluding steroid dienone is 2. The number of carbonyl (C=O) groups is 1. The minimum atomic E-state index is -1.46. The maximum Gasteiger partial charge on any atom is 0.211 e. The van der Waals surface area contributed by atoms with Crippen LogP contribution in [-0.4, -0.2) is 31.8 Å². The number of hydrogen-bond donors (Lipinski definition) is 4. The number of fused-ring (bicyclic) bond motifs is 12. The van der Waals surface area contributed by atoms with Gasteiger partial charge in [-0.25, -0.2) is 0 Å². The Morgan fingerprint density at radius 2 is 0.710 bits per heavy atom. The summed E-state index contributed by atoms with van der Waals surface area (Å²) >= 11 is 0. The molecule has 11 bridgehead atoms. The number of Topliss-reactive ketones (excluding diaryl/α,β-unsaturated/α-hetero) is 1. The summed E-state index contributed by atoms with van der Waals surface area (Å²) in [5.74, 6) is 0.334. The van der Waals surface area contributed by atoms with Gasteiger partial charge in [0.2, 0.25) is 5.78 Å². The second-order valence-corrected chi connectivity index (χ2v) is 26.6. The SMILES string of the molecule is CC(C)(C)C1=CC23Cc4cc(C(C)(C)C)cc(c4O2)-c2cc(C(C)(C)C)cc(c2O)Cc2cc(C(C)(C)C)cc(c2O)-c2cc(C(C)(C)C)cc(c2O)Cc2cc(C(C)(C)C)cc(c2O)C(=C1)C3=O. The first-order chi connectivity index (χ1) is 31.5. The van der Waals surface area contributed by atoms with Crippen molar-refractivity contribution >= 4 is 11.4 Å². The molecule has 0 saturated heterocycles. The van der Waals surface area contributed by atoms with E-state index in [-0.39, 0.29) is 75.1 Å². The quantitative estimate of drug-likeness (QED) is 0.123. The Labute approximate surface area is 412 Å². The van der Waals surface area contributed by atoms with Crippen LogP contribution in [0, 0.1) is 5.41 Å². The molecule has 1 atom stereocenters. The van der Waals surface area contributed by atoms with E-state index in [2.05, 4.69) is 143 Å². The molecule has 5 aromatic rings. The molecule has 6 nitrogen and oxygen atoms in total. The topological polar surface area (TPSA) is 107 Å². The van der Waals surface area contributed by atoms with Gasteiger partial charge in [-0.3, -0.25) is 4.79 Å². The summed E-state index contributed by atoms with van der Waals surface area (Å²) in [4.78, 5) is 15.8. The monoisotopic (exact) mass is 929 g/mol. The van der Waals surface area contributed by atoms with Crippen LogP contribution in [0.15, 0.2) is 78.4 Å². The minimum Gasteiger partial charge on any atom is -0.507 e. The molecule has 4 N–H and O–H groups in total. The molecular weight excluding hydrogens is 853 g/mol. The molecule has 0 amide bonds. The summed E-state index contributed by atoms with van der Waals surface area (Å²) in [5, 5.41) is 51.0. The zero-order valence-corrected chi connectivity index (χ0v) is 44.7. The van der Waals surface area contributed by atoms with E-state index < -0.39 is 11.0 Å². The van der Waals surface area contributed by atoms with Crippen molar-refractivity contribution < 1.29 is 30.0 Å². The van der Waals surface area contributed by atoms with Crippen LogP contribution in [0.25, 0.3) is 27.8 Å². The molecule has 3 aliphatic rings. The Bertz CT molecular complexity index is 3040. The normalized spacial score (nSPS) is 17.6. The largest absolute Gasteiger partial charge is 0.507 e. The lowest BCUT2D eigenvalue weighted by molar-refractivity contribution is -0.124. The molecule has 1 spiro atoms. The number of benzene rings is 5. The lowest BCUT2D eigenvalue weighted by Crippen LogP contribution is -2.45. The van der Waals surface area contributed by atoms with Crippen LogP contribution < -0.4 is 4.74 Å². The molecule has 1 unspecified atom stereocenters. The van der Waals surface area contributed by atoms with Gasteiger partial charge in [0.1, 0.15) is 28.7 Å². The van der Waals surface area contributed by atoms with Crippen LogP contribution in [0.4, 0.5) is 0 Å². The van der Waals surface area contributed by atoms with Gasteiger partial charge in [-0.05, 0) is 136 Å². The molecule has 364 valence electrons. The second-order valence-electron chi connectivity index (χ2n) is 26.6. The first kappa shape index (κ1) is 49.7. The highest BCUT2D eigenvalue weighted by atomic mass is 16.5. The van der Waals surface area contributed by atoms with E-state index in [9.17, 15) is 20.4 Å². The van der Waals surface area contributed by atoms with Gasteiger partial charge in [-0.2, -0.15) is 0 Å². The minimum absolute atomic E-state index is 0.00244. The molecule has 5 aromatic carbocycles. The second kappa shape index (κ2) is 15.9. The number of rotatable bonds is 0. The van der Waals surface area contributed by atoms with Crippen LogP contribution >= 0.6 is 0 Å². The fourth-order valence-corrected chi connectivity index (χ4v) is 10.0. The average molecular weight is 929 g/mol. The Hall–Kier alpha value is -5.75. The van der Waals surface area contributed by atoms with Crippen molar-refractivity contribution in [3.8, 4) is 51.0 Å². The lowest BCUT2D eigenvalue weighted by Gasteiger charge is -2.34. The summed E-state index contributed by atoms with van der Waals surface area (Å²) < 4.78 is 7.29. The molecule has 69 heavy (non-hydrogen) atoms. The van der Waals surface area contributed by atoms with Crippen LogP contribution in [-0.2, 0) is 51.1 Å². The number of aromatic hydroxyl groups is 4. The van der Waals surface area contributed by atoms with Crippen molar-refractivity contribution in [1.29, 1.82) is 0 Å². The van der Waals surface area contributed by atoms with E-state index in [1.165, 1.54) is 0 Å². The van der Waals surface area contributed by atoms with Gasteiger partial charge in [0.25, 0.3) is 0 Å². The number of ketones is 1. The summed E-state index contributed by atoms with van der Waals surface area (Å²) in [7, 11) is 0. The predicted molar refractivity (Wildman–Crippen MR) is 284 cm³/mol. The molecule has 2 heterocycles. The number of ether oxygens (including phenoxy) is 1. The first-order valence-corrected chi connectivity index (χ1v) is 24.8. The predicted octanol–water partition coefficient (Wildman–Crippen LogP) is 15.1. The average Bonchev–Trinajstić information content (AvgIpc) is 3.58. The van der Waals surface area contributed by atoms with E-state index >= 15 is 4.79 Å². The first-order valence-electron chi connectivity index (χ1n) is 24.8. The molecule has 0 saturated carbocycles. The number of hydrogen-bond acceptors (Lipinski definition) is 6. The smallest absolute Gasteiger partial charge is 0.211 e. The third kappa shape index (κ3) is 8.91. The summed E-state index contributed by atoms with van der Waals surface area (Å²) in [6, 6.07) is 20.3. The van der Waals surface area contributed by atoms with Crippen molar-refractivity contribution in [1.82, 2.24) is 0 Å². The molecule has 8 rings (SSSR count). The molecule has 2 aliphatic heterocycles. The van der Waals surface area contributed by atoms with Gasteiger partial charge in [0.05, 0.1) is 0 Å². The fourth-order valence-electron chi connectivity index (χ4n) is 10.0. The molecule has 1 aliphatic carbocycles. The van der Waals surface area contributed by atoms with Crippen LogP contribution in [0.1, 0.15) is 186 Å².